The fourth-order valence-electron chi connectivity index (χ4n) is 8.58. The van der Waals surface area contributed by atoms with Crippen molar-refractivity contribution in [3.63, 3.8) is 0 Å². The van der Waals surface area contributed by atoms with Gasteiger partial charge in [-0.25, -0.2) is 0 Å². The molecule has 0 spiro atoms. The van der Waals surface area contributed by atoms with E-state index in [9.17, 15) is 33.9 Å². The number of hydrogen-bond acceptors (Lipinski definition) is 14. The van der Waals surface area contributed by atoms with E-state index in [4.69, 9.17) is 33.2 Å². The summed E-state index contributed by atoms with van der Waals surface area (Å²) < 4.78 is 41.6. The third-order valence-electron chi connectivity index (χ3n) is 10.3. The second kappa shape index (κ2) is 11.9. The van der Waals surface area contributed by atoms with Gasteiger partial charge < -0.3 is 38.3 Å². The van der Waals surface area contributed by atoms with Gasteiger partial charge in [-0.15, -0.1) is 0 Å². The minimum Gasteiger partial charge on any atom is -0.462 e. The van der Waals surface area contributed by atoms with Gasteiger partial charge in [-0.1, -0.05) is 20.8 Å². The maximum Gasteiger partial charge on any atom is 0.303 e. The molecule has 1 aliphatic heterocycles. The highest BCUT2D eigenvalue weighted by molar-refractivity contribution is 5.70. The summed E-state index contributed by atoms with van der Waals surface area (Å²) in [4.78, 5) is 76.5. The molecule has 1 saturated heterocycles. The van der Waals surface area contributed by atoms with E-state index in [1.807, 2.05) is 0 Å². The van der Waals surface area contributed by atoms with Crippen molar-refractivity contribution in [2.75, 3.05) is 6.61 Å². The Balaban J connectivity index is 2.23. The average molecular weight is 653 g/mol. The molecule has 0 amide bonds. The van der Waals surface area contributed by atoms with Gasteiger partial charge in [0.05, 0.1) is 17.9 Å². The van der Waals surface area contributed by atoms with Crippen LogP contribution in [0.3, 0.4) is 0 Å². The van der Waals surface area contributed by atoms with Gasteiger partial charge in [-0.3, -0.25) is 28.8 Å². The summed E-state index contributed by atoms with van der Waals surface area (Å²) in [7, 11) is 0. The molecule has 0 aromatic heterocycles. The predicted molar refractivity (Wildman–Crippen MR) is 154 cm³/mol. The Hall–Kier alpha value is -3.52. The first kappa shape index (κ1) is 35.3. The fourth-order valence-corrected chi connectivity index (χ4v) is 8.58. The molecule has 1 N–H and O–H groups in total. The third-order valence-corrected chi connectivity index (χ3v) is 10.3. The minimum atomic E-state index is -2.12. The number of carbonyl (C=O) groups is 6. The Bertz CT molecular complexity index is 1370. The molecule has 4 rings (SSSR count). The standard InChI is InChI=1S/C32H44O14/c1-14-21(41-15(2)33)12-32(39)28(45-19(6)37)26-30(10,22(42-16(3)34)11-23-31(26,13-40-23)46-20(7)38)27(44-18(5)36)25(43-17(4)35)24(14)29(32,8)9/h21-23,25-28,39H,11-13H2,1-10H3/t21-,22-,23+,25+,26-,27-,28-,30+,31-,32-/m0/s1. The first-order valence-electron chi connectivity index (χ1n) is 15.2. The van der Waals surface area contributed by atoms with E-state index < -0.39 is 100 Å². The first-order valence-corrected chi connectivity index (χ1v) is 15.2. The van der Waals surface area contributed by atoms with Crippen LogP contribution < -0.4 is 0 Å². The first-order chi connectivity index (χ1) is 21.1. The predicted octanol–water partition coefficient (Wildman–Crippen LogP) is 1.86. The van der Waals surface area contributed by atoms with Gasteiger partial charge in [-0.05, 0) is 18.1 Å². The Kier molecular flexibility index (Phi) is 9.16. The SMILES string of the molecule is CC(=O)O[C@H]1C[C@]2(O)[C@@H](OC(C)=O)[C@@H]3[C@]4(OC(C)=O)CO[C@@H]4C[C@H](OC(C)=O)[C@@]3(C)[C@@H](OC(C)=O)[C@H](OC(C)=O)C(=C1C)C2(C)C. The van der Waals surface area contributed by atoms with Crippen LogP contribution in [0.2, 0.25) is 0 Å². The van der Waals surface area contributed by atoms with Gasteiger partial charge in [-0.2, -0.15) is 0 Å². The molecule has 3 fully saturated rings. The molecular formula is C32H44O14. The Labute approximate surface area is 267 Å². The Morgan fingerprint density at radius 2 is 1.26 bits per heavy atom. The molecule has 3 aliphatic carbocycles. The van der Waals surface area contributed by atoms with Crippen molar-refractivity contribution in [3.8, 4) is 0 Å². The van der Waals surface area contributed by atoms with Gasteiger partial charge in [0.2, 0.25) is 0 Å². The van der Waals surface area contributed by atoms with Crippen LogP contribution in [0.5, 0.6) is 0 Å². The number of rotatable bonds is 6. The summed E-state index contributed by atoms with van der Waals surface area (Å²) in [6.45, 7) is 13.4. The molecule has 14 heteroatoms. The number of hydrogen-bond donors (Lipinski definition) is 1. The van der Waals surface area contributed by atoms with Crippen LogP contribution in [0.4, 0.5) is 0 Å². The summed E-state index contributed by atoms with van der Waals surface area (Å²) in [5.74, 6) is -5.77. The van der Waals surface area contributed by atoms with Gasteiger partial charge in [0.1, 0.15) is 30.0 Å². The van der Waals surface area contributed by atoms with Crippen molar-refractivity contribution in [3.05, 3.63) is 11.1 Å². The molecule has 0 radical (unpaired) electrons. The zero-order valence-corrected chi connectivity index (χ0v) is 27.9. The molecule has 10 atom stereocenters. The van der Waals surface area contributed by atoms with Crippen molar-refractivity contribution in [1.82, 2.24) is 0 Å². The molecule has 0 aromatic carbocycles. The molecule has 4 aliphatic rings. The summed E-state index contributed by atoms with van der Waals surface area (Å²) >= 11 is 0. The molecular weight excluding hydrogens is 608 g/mol. The zero-order chi connectivity index (χ0) is 34.7. The number of esters is 6. The second-order valence-electron chi connectivity index (χ2n) is 13.6. The maximum atomic E-state index is 13.1. The number of aliphatic hydroxyl groups is 1. The zero-order valence-electron chi connectivity index (χ0n) is 27.9. The second-order valence-corrected chi connectivity index (χ2v) is 13.6. The molecule has 256 valence electrons. The van der Waals surface area contributed by atoms with Crippen molar-refractivity contribution < 1.29 is 67.0 Å². The highest BCUT2D eigenvalue weighted by Gasteiger charge is 2.79. The molecule has 14 nitrogen and oxygen atoms in total. The summed E-state index contributed by atoms with van der Waals surface area (Å²) in [5, 5.41) is 13.1. The molecule has 2 bridgehead atoms. The van der Waals surface area contributed by atoms with Crippen LogP contribution in [0.15, 0.2) is 11.1 Å². The Morgan fingerprint density at radius 1 is 0.739 bits per heavy atom. The number of ether oxygens (including phenoxy) is 7. The molecule has 46 heavy (non-hydrogen) atoms. The van der Waals surface area contributed by atoms with Crippen LogP contribution in [0.25, 0.3) is 0 Å². The summed E-state index contributed by atoms with van der Waals surface area (Å²) in [5.41, 5.74) is -6.19. The van der Waals surface area contributed by atoms with Crippen LogP contribution in [-0.2, 0) is 61.9 Å². The fraction of sp³-hybridized carbons (Fsp3) is 0.750. The van der Waals surface area contributed by atoms with Crippen molar-refractivity contribution in [1.29, 1.82) is 0 Å². The van der Waals surface area contributed by atoms with E-state index in [1.54, 1.807) is 27.7 Å². The van der Waals surface area contributed by atoms with Gasteiger partial charge in [0.15, 0.2) is 17.8 Å². The normalized spacial score (nSPS) is 39.1. The van der Waals surface area contributed by atoms with Crippen molar-refractivity contribution in [2.45, 2.75) is 130 Å². The van der Waals surface area contributed by atoms with Crippen LogP contribution >= 0.6 is 0 Å². The summed E-state index contributed by atoms with van der Waals surface area (Å²) in [6.07, 6.45) is -8.02. The molecule has 0 aromatic rings. The topological polar surface area (TPSA) is 187 Å². The monoisotopic (exact) mass is 652 g/mol. The van der Waals surface area contributed by atoms with E-state index in [0.29, 0.717) is 5.57 Å². The van der Waals surface area contributed by atoms with E-state index in [2.05, 4.69) is 0 Å². The quantitative estimate of drug-likeness (QED) is 0.249. The smallest absolute Gasteiger partial charge is 0.303 e. The Morgan fingerprint density at radius 3 is 1.72 bits per heavy atom. The average Bonchev–Trinajstić information content (AvgIpc) is 2.87. The van der Waals surface area contributed by atoms with Crippen LogP contribution in [0, 0.1) is 16.7 Å². The lowest BCUT2D eigenvalue weighted by molar-refractivity contribution is -0.366. The van der Waals surface area contributed by atoms with Crippen molar-refractivity contribution in [2.24, 2.45) is 16.7 Å². The lowest BCUT2D eigenvalue weighted by Gasteiger charge is -2.69. The van der Waals surface area contributed by atoms with E-state index in [0.717, 1.165) is 20.8 Å². The van der Waals surface area contributed by atoms with Gasteiger partial charge in [0.25, 0.3) is 0 Å². The van der Waals surface area contributed by atoms with Crippen molar-refractivity contribution >= 4 is 35.8 Å². The highest BCUT2D eigenvalue weighted by atomic mass is 16.6. The van der Waals surface area contributed by atoms with E-state index >= 15 is 0 Å². The molecule has 1 heterocycles. The molecule has 2 saturated carbocycles. The van der Waals surface area contributed by atoms with E-state index in [-0.39, 0.29) is 25.0 Å². The lowest BCUT2D eigenvalue weighted by Crippen LogP contribution is -2.82. The third kappa shape index (κ3) is 5.46. The van der Waals surface area contributed by atoms with Gasteiger partial charge in [0, 0.05) is 59.8 Å². The minimum absolute atomic E-state index is 0.0485. The number of fused-ring (bicyclic) bond motifs is 5. The number of carbonyl (C=O) groups excluding carboxylic acids is 6. The maximum absolute atomic E-state index is 13.1. The summed E-state index contributed by atoms with van der Waals surface area (Å²) in [6, 6.07) is 0. The van der Waals surface area contributed by atoms with Crippen LogP contribution in [0.1, 0.15) is 82.1 Å². The van der Waals surface area contributed by atoms with E-state index in [1.165, 1.54) is 20.8 Å². The largest absolute Gasteiger partial charge is 0.462 e. The highest BCUT2D eigenvalue weighted by Crippen LogP contribution is 2.66. The van der Waals surface area contributed by atoms with Gasteiger partial charge >= 0.3 is 35.8 Å². The lowest BCUT2D eigenvalue weighted by atomic mass is 9.44. The van der Waals surface area contributed by atoms with Crippen LogP contribution in [-0.4, -0.2) is 95.4 Å². The molecule has 0 unspecified atom stereocenters.